The molecule has 3 aliphatic rings. The fourth-order valence-corrected chi connectivity index (χ4v) is 5.63. The number of aliphatic imine (C=N–C) groups is 1. The molecule has 0 radical (unpaired) electrons. The van der Waals surface area contributed by atoms with Crippen LogP contribution in [0.4, 0.5) is 20.2 Å². The fraction of sp³-hybridized carbons (Fsp3) is 0.452. The minimum absolute atomic E-state index is 0.0611. The van der Waals surface area contributed by atoms with Crippen LogP contribution in [0, 0.1) is 12.8 Å². The highest BCUT2D eigenvalue weighted by Crippen LogP contribution is 2.30. The topological polar surface area (TPSA) is 45.0 Å². The van der Waals surface area contributed by atoms with Gasteiger partial charge in [-0.1, -0.05) is 26.0 Å². The Morgan fingerprint density at radius 3 is 2.46 bits per heavy atom. The van der Waals surface area contributed by atoms with Crippen molar-refractivity contribution in [3.63, 3.8) is 0 Å². The minimum atomic E-state index is -0.870. The van der Waals surface area contributed by atoms with Gasteiger partial charge in [0.1, 0.15) is 5.76 Å². The van der Waals surface area contributed by atoms with Crippen LogP contribution in [0.25, 0.3) is 11.9 Å². The number of nitrogens with one attached hydrogen (secondary N) is 1. The molecule has 3 heterocycles. The van der Waals surface area contributed by atoms with E-state index in [9.17, 15) is 0 Å². The number of piperazine rings is 1. The first kappa shape index (κ1) is 27.2. The van der Waals surface area contributed by atoms with Gasteiger partial charge in [0.2, 0.25) is 5.83 Å². The number of amidine groups is 1. The van der Waals surface area contributed by atoms with Crippen molar-refractivity contribution in [1.82, 2.24) is 9.47 Å². The van der Waals surface area contributed by atoms with Crippen molar-refractivity contribution < 1.29 is 13.5 Å². The first-order valence-corrected chi connectivity index (χ1v) is 14.1. The van der Waals surface area contributed by atoms with Crippen molar-refractivity contribution in [2.24, 2.45) is 10.9 Å². The van der Waals surface area contributed by atoms with Crippen molar-refractivity contribution in [2.75, 3.05) is 42.9 Å². The molecule has 0 saturated carbocycles. The van der Waals surface area contributed by atoms with E-state index >= 15 is 8.78 Å². The van der Waals surface area contributed by atoms with Gasteiger partial charge in [0.05, 0.1) is 0 Å². The molecule has 1 saturated heterocycles. The molecular weight excluding hydrogens is 496 g/mol. The van der Waals surface area contributed by atoms with Gasteiger partial charge < -0.3 is 24.4 Å². The number of fused-ring (bicyclic) bond motifs is 1. The average molecular weight is 536 g/mol. The van der Waals surface area contributed by atoms with E-state index in [4.69, 9.17) is 4.74 Å². The number of benzene rings is 1. The maximum atomic E-state index is 16.0. The number of rotatable bonds is 6. The average Bonchev–Trinajstić information content (AvgIpc) is 3.29. The third kappa shape index (κ3) is 5.66. The summed E-state index contributed by atoms with van der Waals surface area (Å²) in [5, 5.41) is 4.53. The van der Waals surface area contributed by atoms with E-state index in [2.05, 4.69) is 43.7 Å². The lowest BCUT2D eigenvalue weighted by Crippen LogP contribution is -2.46. The molecule has 1 fully saturated rings. The Morgan fingerprint density at radius 2 is 1.77 bits per heavy atom. The van der Waals surface area contributed by atoms with Gasteiger partial charge in [-0.3, -0.25) is 0 Å². The molecule has 1 aliphatic carbocycles. The molecule has 1 N–H and O–H groups in total. The van der Waals surface area contributed by atoms with Gasteiger partial charge in [-0.25, -0.2) is 9.38 Å². The summed E-state index contributed by atoms with van der Waals surface area (Å²) in [5.74, 6) is -1.03. The van der Waals surface area contributed by atoms with E-state index in [1.165, 1.54) is 0 Å². The Morgan fingerprint density at radius 1 is 1.03 bits per heavy atom. The number of hydrogen-bond acceptors (Lipinski definition) is 5. The number of likely N-dealkylation sites (N-methyl/N-ethyl adjacent to an activating group) is 1. The van der Waals surface area contributed by atoms with Crippen LogP contribution in [-0.2, 0) is 11.3 Å². The molecule has 1 aromatic carbocycles. The van der Waals surface area contributed by atoms with Crippen LogP contribution in [0.1, 0.15) is 39.3 Å². The largest absolute Gasteiger partial charge is 0.484 e. The lowest BCUT2D eigenvalue weighted by Gasteiger charge is -2.35. The molecule has 39 heavy (non-hydrogen) atoms. The maximum absolute atomic E-state index is 16.0. The summed E-state index contributed by atoms with van der Waals surface area (Å²) >= 11 is 0. The first-order valence-electron chi connectivity index (χ1n) is 14.1. The van der Waals surface area contributed by atoms with Crippen molar-refractivity contribution in [2.45, 2.75) is 53.2 Å². The van der Waals surface area contributed by atoms with Crippen LogP contribution in [0.15, 0.2) is 59.2 Å². The Balaban J connectivity index is 1.36. The van der Waals surface area contributed by atoms with E-state index in [0.717, 1.165) is 61.7 Å². The molecule has 0 amide bonds. The molecule has 2 atom stereocenters. The number of allylic oxidation sites excluding steroid dienone is 2. The molecule has 0 spiro atoms. The molecule has 2 aliphatic heterocycles. The molecule has 1 aromatic heterocycles. The summed E-state index contributed by atoms with van der Waals surface area (Å²) in [4.78, 5) is 9.14. The number of anilines is 2. The summed E-state index contributed by atoms with van der Waals surface area (Å²) in [6, 6.07) is 9.83. The van der Waals surface area contributed by atoms with Gasteiger partial charge >= 0.3 is 0 Å². The third-order valence-electron chi connectivity index (χ3n) is 7.98. The van der Waals surface area contributed by atoms with Crippen LogP contribution in [-0.4, -0.2) is 54.1 Å². The second-order valence-corrected chi connectivity index (χ2v) is 10.5. The smallest absolute Gasteiger partial charge is 0.203 e. The molecular formula is C31H39F2N5O. The van der Waals surface area contributed by atoms with Crippen LogP contribution in [0.3, 0.4) is 0 Å². The van der Waals surface area contributed by atoms with Crippen molar-refractivity contribution in [1.29, 1.82) is 0 Å². The third-order valence-corrected chi connectivity index (χ3v) is 7.98. The van der Waals surface area contributed by atoms with Crippen LogP contribution in [0.2, 0.25) is 0 Å². The van der Waals surface area contributed by atoms with Crippen molar-refractivity contribution >= 4 is 29.1 Å². The summed E-state index contributed by atoms with van der Waals surface area (Å²) in [6.07, 6.45) is 5.51. The lowest BCUT2D eigenvalue weighted by atomic mass is 10.0. The van der Waals surface area contributed by atoms with Crippen molar-refractivity contribution in [3.8, 4) is 0 Å². The predicted molar refractivity (Wildman–Crippen MR) is 155 cm³/mol. The number of hydrogen-bond donors (Lipinski definition) is 1. The Kier molecular flexibility index (Phi) is 8.21. The fourth-order valence-electron chi connectivity index (χ4n) is 5.63. The number of ether oxygens (including phenoxy) is 1. The van der Waals surface area contributed by atoms with E-state index in [1.807, 2.05) is 51.1 Å². The van der Waals surface area contributed by atoms with Crippen LogP contribution >= 0.6 is 0 Å². The van der Waals surface area contributed by atoms with Gasteiger partial charge in [0.25, 0.3) is 0 Å². The summed E-state index contributed by atoms with van der Waals surface area (Å²) < 4.78 is 39.8. The SMILES string of the molecule is CCN1CCN(c2ccc(NC3=N/C=C/CC(C)/C(OC4CC=c5c(cc(C)n5CC)=C4F)=C\3F)cc2)CC1. The zero-order valence-electron chi connectivity index (χ0n) is 23.4. The van der Waals surface area contributed by atoms with E-state index < -0.39 is 11.9 Å². The lowest BCUT2D eigenvalue weighted by molar-refractivity contribution is 0.122. The Labute approximate surface area is 229 Å². The van der Waals surface area contributed by atoms with Crippen molar-refractivity contribution in [3.05, 3.63) is 70.5 Å². The van der Waals surface area contributed by atoms with Gasteiger partial charge in [-0.05, 0) is 57.1 Å². The van der Waals surface area contributed by atoms with E-state index in [-0.39, 0.29) is 23.3 Å². The highest BCUT2D eigenvalue weighted by atomic mass is 19.1. The molecule has 8 heteroatoms. The normalized spacial score (nSPS) is 26.2. The second kappa shape index (κ2) is 11.8. The highest BCUT2D eigenvalue weighted by Gasteiger charge is 2.28. The van der Waals surface area contributed by atoms with Gasteiger partial charge in [0, 0.05) is 78.9 Å². The first-order chi connectivity index (χ1) is 18.9. The number of halogens is 2. The quantitative estimate of drug-likeness (QED) is 0.575. The number of nitrogens with zero attached hydrogens (tertiary/aromatic N) is 4. The standard InChI is InChI=1S/C31H39F2N5O/c1-5-36-16-18-37(19-17-36)24-11-9-23(10-12-24)35-31-29(33)30(21(3)8-7-15-34-31)39-27-14-13-26-25(28(27)32)20-22(4)38(26)6-2/h7,9-13,15,20-21,27H,5-6,8,14,16-19H2,1-4H3,(H,34,35)/b15-7+,30-29-. The Bertz CT molecular complexity index is 1400. The van der Waals surface area contributed by atoms with Crippen LogP contribution in [0.5, 0.6) is 0 Å². The molecule has 208 valence electrons. The summed E-state index contributed by atoms with van der Waals surface area (Å²) in [5.41, 5.74) is 2.87. The molecule has 2 unspecified atom stereocenters. The maximum Gasteiger partial charge on any atom is 0.203 e. The predicted octanol–water partition coefficient (Wildman–Crippen LogP) is 4.85. The second-order valence-electron chi connectivity index (χ2n) is 10.5. The zero-order chi connectivity index (χ0) is 27.5. The molecule has 5 rings (SSSR count). The minimum Gasteiger partial charge on any atom is -0.484 e. The van der Waals surface area contributed by atoms with Gasteiger partial charge in [-0.2, -0.15) is 4.39 Å². The van der Waals surface area contributed by atoms with Crippen LogP contribution < -0.4 is 20.8 Å². The molecule has 0 bridgehead atoms. The molecule has 6 nitrogen and oxygen atoms in total. The Hall–Kier alpha value is -3.39. The highest BCUT2D eigenvalue weighted by molar-refractivity contribution is 6.07. The summed E-state index contributed by atoms with van der Waals surface area (Å²) in [7, 11) is 0. The molecule has 2 aromatic rings. The summed E-state index contributed by atoms with van der Waals surface area (Å²) in [6.45, 7) is 14.0. The van der Waals surface area contributed by atoms with Gasteiger partial charge in [0.15, 0.2) is 17.8 Å². The van der Waals surface area contributed by atoms with Gasteiger partial charge in [-0.15, -0.1) is 0 Å². The van der Waals surface area contributed by atoms with E-state index in [0.29, 0.717) is 18.1 Å². The number of aromatic nitrogens is 1. The monoisotopic (exact) mass is 535 g/mol. The van der Waals surface area contributed by atoms with E-state index in [1.54, 1.807) is 6.20 Å². The zero-order valence-corrected chi connectivity index (χ0v) is 23.4. The number of aryl methyl sites for hydroxylation is 1.